The molecule has 3 aromatic rings. The molecule has 10 heteroatoms. The van der Waals surface area contributed by atoms with Crippen LogP contribution in [0.1, 0.15) is 16.7 Å². The molecule has 0 aliphatic carbocycles. The van der Waals surface area contributed by atoms with Crippen LogP contribution < -0.4 is 0 Å². The lowest BCUT2D eigenvalue weighted by Gasteiger charge is -2.29. The zero-order valence-electron chi connectivity index (χ0n) is 19.1. The van der Waals surface area contributed by atoms with E-state index in [0.717, 1.165) is 11.1 Å². The fraction of sp³-hybridized carbons (Fsp3) is 0.200. The molecular formula is C25H24ClNO6S2. The van der Waals surface area contributed by atoms with Crippen LogP contribution >= 0.6 is 11.6 Å². The summed E-state index contributed by atoms with van der Waals surface area (Å²) in [6.45, 7) is 3.50. The van der Waals surface area contributed by atoms with Crippen molar-refractivity contribution in [3.8, 4) is 0 Å². The molecule has 0 spiro atoms. The molecule has 0 aromatic heterocycles. The van der Waals surface area contributed by atoms with Gasteiger partial charge in [-0.2, -0.15) is 0 Å². The molecule has 0 saturated carbocycles. The molecule has 0 saturated heterocycles. The third-order valence-electron chi connectivity index (χ3n) is 5.34. The molecule has 7 nitrogen and oxygen atoms in total. The number of hydrogen-bond donors (Lipinski definition) is 0. The molecule has 0 fully saturated rings. The molecule has 0 unspecified atom stereocenters. The van der Waals surface area contributed by atoms with Gasteiger partial charge in [0.15, 0.2) is 0 Å². The second kappa shape index (κ2) is 10.8. The van der Waals surface area contributed by atoms with Crippen LogP contribution in [0.15, 0.2) is 88.7 Å². The zero-order valence-corrected chi connectivity index (χ0v) is 21.5. The summed E-state index contributed by atoms with van der Waals surface area (Å²) in [7, 11) is -9.62. The highest BCUT2D eigenvalue weighted by Gasteiger charge is 2.46. The molecule has 35 heavy (non-hydrogen) atoms. The largest absolute Gasteiger partial charge is 0.289 e. The van der Waals surface area contributed by atoms with Crippen LogP contribution in [0.5, 0.6) is 0 Å². The second-order valence-electron chi connectivity index (χ2n) is 7.99. The minimum atomic E-state index is -4.81. The molecule has 1 atom stereocenters. The van der Waals surface area contributed by atoms with Gasteiger partial charge >= 0.3 is 0 Å². The number of hydrogen-bond acceptors (Lipinski definition) is 6. The third kappa shape index (κ3) is 5.87. The lowest BCUT2D eigenvalue weighted by Crippen LogP contribution is -2.51. The average molecular weight is 534 g/mol. The summed E-state index contributed by atoms with van der Waals surface area (Å²) in [6, 6.07) is 17.5. The average Bonchev–Trinajstić information content (AvgIpc) is 2.83. The minimum Gasteiger partial charge on any atom is -0.289 e. The van der Waals surface area contributed by atoms with Crippen LogP contribution in [-0.4, -0.2) is 44.0 Å². The monoisotopic (exact) mass is 533 g/mol. The molecule has 0 amide bonds. The number of ketones is 2. The number of Topliss-reactive ketones (excluding diaryl/α,β-unsaturated/α-hetero) is 2. The first-order valence-corrected chi connectivity index (χ1v) is 14.0. The molecule has 0 heterocycles. The Morgan fingerprint density at radius 2 is 1.17 bits per heavy atom. The van der Waals surface area contributed by atoms with Gasteiger partial charge in [0.05, 0.1) is 15.7 Å². The summed E-state index contributed by atoms with van der Waals surface area (Å²) in [5, 5.41) is 0. The van der Waals surface area contributed by atoms with E-state index in [-0.39, 0.29) is 19.9 Å². The van der Waals surface area contributed by atoms with Crippen molar-refractivity contribution in [1.82, 2.24) is 3.71 Å². The van der Waals surface area contributed by atoms with Crippen LogP contribution in [0.4, 0.5) is 0 Å². The molecule has 3 rings (SSSR count). The summed E-state index contributed by atoms with van der Waals surface area (Å²) in [4.78, 5) is 24.9. The highest BCUT2D eigenvalue weighted by molar-refractivity contribution is 8.04. The summed E-state index contributed by atoms with van der Waals surface area (Å²) >= 11 is 5.61. The first-order valence-electron chi connectivity index (χ1n) is 10.6. The van der Waals surface area contributed by atoms with Crippen LogP contribution in [0.25, 0.3) is 0 Å². The maximum atomic E-state index is 13.8. The Kier molecular flexibility index (Phi) is 8.27. The number of sulfonamides is 2. The van der Waals surface area contributed by atoms with Gasteiger partial charge < -0.3 is 0 Å². The minimum absolute atomic E-state index is 0.162. The quantitative estimate of drug-likeness (QED) is 0.291. The molecule has 0 radical (unpaired) electrons. The third-order valence-corrected chi connectivity index (χ3v) is 9.95. The molecular weight excluding hydrogens is 510 g/mol. The summed E-state index contributed by atoms with van der Waals surface area (Å²) in [5.41, 5.74) is 1.98. The molecule has 0 aliphatic heterocycles. The van der Waals surface area contributed by atoms with Crippen LogP contribution in [-0.2, 0) is 36.1 Å². The Hall–Kier alpha value is -2.85. The Bertz CT molecular complexity index is 1340. The summed E-state index contributed by atoms with van der Waals surface area (Å²) < 4.78 is 55.5. The van der Waals surface area contributed by atoms with Crippen LogP contribution in [0.3, 0.4) is 0 Å². The van der Waals surface area contributed by atoms with Gasteiger partial charge in [0.2, 0.25) is 11.6 Å². The van der Waals surface area contributed by atoms with Crippen molar-refractivity contribution in [2.24, 2.45) is 0 Å². The van der Waals surface area contributed by atoms with E-state index in [1.807, 2.05) is 0 Å². The van der Waals surface area contributed by atoms with Gasteiger partial charge in [-0.25, -0.2) is 16.8 Å². The lowest BCUT2D eigenvalue weighted by molar-refractivity contribution is -0.136. The van der Waals surface area contributed by atoms with Crippen molar-refractivity contribution >= 4 is 43.2 Å². The highest BCUT2D eigenvalue weighted by Crippen LogP contribution is 2.29. The number of aryl methyl sites for hydroxylation is 2. The lowest BCUT2D eigenvalue weighted by atomic mass is 10.0. The number of carbonyl (C=O) groups excluding carboxylic acids is 2. The van der Waals surface area contributed by atoms with E-state index in [1.54, 1.807) is 44.2 Å². The number of halogens is 1. The molecule has 0 aliphatic rings. The summed E-state index contributed by atoms with van der Waals surface area (Å²) in [5.74, 6) is -3.02. The van der Waals surface area contributed by atoms with E-state index in [4.69, 9.17) is 11.6 Å². The first kappa shape index (κ1) is 26.7. The fourth-order valence-corrected chi connectivity index (χ4v) is 7.51. The van der Waals surface area contributed by atoms with Crippen molar-refractivity contribution in [1.29, 1.82) is 0 Å². The maximum absolute atomic E-state index is 13.8. The number of alkyl halides is 1. The molecule has 0 bridgehead atoms. The van der Waals surface area contributed by atoms with Gasteiger partial charge in [-0.1, -0.05) is 69.4 Å². The highest BCUT2D eigenvalue weighted by atomic mass is 35.5. The fourth-order valence-electron chi connectivity index (χ4n) is 3.44. The van der Waals surface area contributed by atoms with E-state index in [0.29, 0.717) is 5.56 Å². The smallest absolute Gasteiger partial charge is 0.257 e. The standard InChI is InChI=1S/C25H24ClNO6S2/c1-18-8-12-21(13-9-18)34(30,31)27(35(32,33)22-14-10-19(2)11-15-22)23(25(29)24(28)17-26)16-20-6-4-3-5-7-20/h3-15,23H,16-17H2,1-2H3/t23-/m0/s1. The normalized spacial score (nSPS) is 12.9. The van der Waals surface area contributed by atoms with Gasteiger partial charge in [0, 0.05) is 0 Å². The van der Waals surface area contributed by atoms with Gasteiger partial charge in [0.1, 0.15) is 6.04 Å². The van der Waals surface area contributed by atoms with E-state index < -0.39 is 43.5 Å². The maximum Gasteiger partial charge on any atom is 0.257 e. The van der Waals surface area contributed by atoms with E-state index in [2.05, 4.69) is 0 Å². The van der Waals surface area contributed by atoms with Gasteiger partial charge in [0.25, 0.3) is 20.0 Å². The van der Waals surface area contributed by atoms with Crippen molar-refractivity contribution in [2.45, 2.75) is 36.1 Å². The Morgan fingerprint density at radius 1 is 0.743 bits per heavy atom. The second-order valence-corrected chi connectivity index (χ2v) is 12.1. The number of benzene rings is 3. The topological polar surface area (TPSA) is 106 Å². The van der Waals surface area contributed by atoms with Crippen LogP contribution in [0, 0.1) is 13.8 Å². The van der Waals surface area contributed by atoms with Crippen molar-refractivity contribution in [2.75, 3.05) is 5.88 Å². The van der Waals surface area contributed by atoms with Crippen molar-refractivity contribution in [3.05, 3.63) is 95.6 Å². The Balaban J connectivity index is 2.29. The summed E-state index contributed by atoms with van der Waals surface area (Å²) in [6.07, 6.45) is -0.349. The number of rotatable bonds is 10. The molecule has 184 valence electrons. The van der Waals surface area contributed by atoms with Crippen molar-refractivity contribution < 1.29 is 26.4 Å². The van der Waals surface area contributed by atoms with Gasteiger partial charge in [-0.05, 0) is 50.1 Å². The molecule has 0 N–H and O–H groups in total. The Morgan fingerprint density at radius 3 is 1.57 bits per heavy atom. The van der Waals surface area contributed by atoms with E-state index in [1.165, 1.54) is 48.5 Å². The van der Waals surface area contributed by atoms with E-state index >= 15 is 0 Å². The number of nitrogens with zero attached hydrogens (tertiary/aromatic N) is 1. The van der Waals surface area contributed by atoms with Gasteiger partial charge in [-0.3, -0.25) is 9.59 Å². The molecule has 3 aromatic carbocycles. The van der Waals surface area contributed by atoms with Crippen LogP contribution in [0.2, 0.25) is 0 Å². The van der Waals surface area contributed by atoms with Crippen molar-refractivity contribution in [3.63, 3.8) is 0 Å². The predicted molar refractivity (Wildman–Crippen MR) is 133 cm³/mol. The Labute approximate surface area is 210 Å². The SMILES string of the molecule is Cc1ccc(S(=O)(=O)N([C@@H](Cc2ccccc2)C(=O)C(=O)CCl)S(=O)(=O)c2ccc(C)cc2)cc1. The number of carbonyl (C=O) groups is 2. The first-order chi connectivity index (χ1) is 16.5. The van der Waals surface area contributed by atoms with E-state index in [9.17, 15) is 26.4 Å². The zero-order chi connectivity index (χ0) is 25.8. The predicted octanol–water partition coefficient (Wildman–Crippen LogP) is 3.67. The van der Waals surface area contributed by atoms with Gasteiger partial charge in [-0.15, -0.1) is 11.6 Å².